The molecule has 0 radical (unpaired) electrons. The summed E-state index contributed by atoms with van der Waals surface area (Å²) in [7, 11) is -3.42. The lowest BCUT2D eigenvalue weighted by atomic mass is 9.89. The van der Waals surface area contributed by atoms with Crippen molar-refractivity contribution in [2.24, 2.45) is 5.92 Å². The molecule has 1 aromatic rings. The Kier molecular flexibility index (Phi) is 3.83. The van der Waals surface area contributed by atoms with Crippen LogP contribution in [0.1, 0.15) is 31.5 Å². The second-order valence-electron chi connectivity index (χ2n) is 5.75. The van der Waals surface area contributed by atoms with Crippen LogP contribution in [0.25, 0.3) is 0 Å². The van der Waals surface area contributed by atoms with Gasteiger partial charge in [0.25, 0.3) is 10.0 Å². The Morgan fingerprint density at radius 3 is 2.70 bits per heavy atom. The molecule has 2 aliphatic rings. The Balaban J connectivity index is 1.84. The highest BCUT2D eigenvalue weighted by molar-refractivity contribution is 7.89. The van der Waals surface area contributed by atoms with Gasteiger partial charge in [0.2, 0.25) is 0 Å². The third kappa shape index (κ3) is 2.49. The van der Waals surface area contributed by atoms with E-state index in [0.29, 0.717) is 18.3 Å². The maximum atomic E-state index is 12.7. The summed E-state index contributed by atoms with van der Waals surface area (Å²) in [6.07, 6.45) is 5.51. The van der Waals surface area contributed by atoms with Gasteiger partial charge in [-0.3, -0.25) is 0 Å². The third-order valence-corrected chi connectivity index (χ3v) is 6.28. The van der Waals surface area contributed by atoms with E-state index in [1.54, 1.807) is 11.2 Å². The van der Waals surface area contributed by atoms with Crippen LogP contribution in [0.3, 0.4) is 0 Å². The van der Waals surface area contributed by atoms with Crippen LogP contribution >= 0.6 is 0 Å². The van der Waals surface area contributed by atoms with E-state index in [1.165, 1.54) is 6.20 Å². The number of hydrogen-bond donors (Lipinski definition) is 2. The Morgan fingerprint density at radius 1 is 1.30 bits per heavy atom. The lowest BCUT2D eigenvalue weighted by Crippen LogP contribution is -2.43. The minimum absolute atomic E-state index is 0.158. The van der Waals surface area contributed by atoms with E-state index < -0.39 is 10.0 Å². The van der Waals surface area contributed by atoms with Crippen molar-refractivity contribution in [2.45, 2.75) is 43.7 Å². The predicted molar refractivity (Wildman–Crippen MR) is 75.8 cm³/mol. The Morgan fingerprint density at radius 2 is 2.05 bits per heavy atom. The summed E-state index contributed by atoms with van der Waals surface area (Å²) in [6, 6.07) is 0.158. The maximum absolute atomic E-state index is 12.7. The van der Waals surface area contributed by atoms with Crippen LogP contribution in [0.2, 0.25) is 0 Å². The van der Waals surface area contributed by atoms with Gasteiger partial charge < -0.3 is 10.3 Å². The quantitative estimate of drug-likeness (QED) is 0.868. The molecule has 1 unspecified atom stereocenters. The van der Waals surface area contributed by atoms with E-state index in [9.17, 15) is 8.42 Å². The standard InChI is InChI=1S/C13H22N4O2S/c1-10-15-9-13(16-10)20(18,19)17-8-2-3-12(17)11-4-6-14-7-5-11/h9,11-12,14H,2-8H2,1H3,(H,15,16). The predicted octanol–water partition coefficient (Wildman–Crippen LogP) is 0.871. The second-order valence-corrected chi connectivity index (χ2v) is 7.60. The van der Waals surface area contributed by atoms with Gasteiger partial charge in [0, 0.05) is 12.6 Å². The van der Waals surface area contributed by atoms with Gasteiger partial charge in [-0.15, -0.1) is 0 Å². The van der Waals surface area contributed by atoms with Crippen molar-refractivity contribution in [1.82, 2.24) is 19.6 Å². The zero-order valence-corrected chi connectivity index (χ0v) is 12.6. The summed E-state index contributed by atoms with van der Waals surface area (Å²) in [4.78, 5) is 6.88. The van der Waals surface area contributed by atoms with E-state index in [2.05, 4.69) is 15.3 Å². The maximum Gasteiger partial charge on any atom is 0.260 e. The van der Waals surface area contributed by atoms with Crippen molar-refractivity contribution < 1.29 is 8.42 Å². The number of nitrogens with zero attached hydrogens (tertiary/aromatic N) is 2. The van der Waals surface area contributed by atoms with Crippen molar-refractivity contribution >= 4 is 10.0 Å². The number of hydrogen-bond acceptors (Lipinski definition) is 4. The van der Waals surface area contributed by atoms with E-state index in [0.717, 1.165) is 38.8 Å². The molecule has 0 bridgehead atoms. The smallest absolute Gasteiger partial charge is 0.260 e. The van der Waals surface area contributed by atoms with Crippen LogP contribution in [0.5, 0.6) is 0 Å². The molecule has 0 saturated carbocycles. The van der Waals surface area contributed by atoms with Gasteiger partial charge in [-0.2, -0.15) is 4.31 Å². The SMILES string of the molecule is Cc1ncc(S(=O)(=O)N2CCCC2C2CCNCC2)[nH]1. The average Bonchev–Trinajstić information content (AvgIpc) is 3.08. The summed E-state index contributed by atoms with van der Waals surface area (Å²) < 4.78 is 27.2. The molecule has 0 spiro atoms. The molecule has 3 heterocycles. The Bertz CT molecular complexity index is 563. The first-order chi connectivity index (χ1) is 9.59. The molecular weight excluding hydrogens is 276 g/mol. The number of sulfonamides is 1. The van der Waals surface area contributed by atoms with Gasteiger partial charge in [0.15, 0.2) is 5.03 Å². The topological polar surface area (TPSA) is 78.1 Å². The molecule has 2 N–H and O–H groups in total. The summed E-state index contributed by atoms with van der Waals surface area (Å²) in [5.74, 6) is 1.12. The molecule has 20 heavy (non-hydrogen) atoms. The number of nitrogens with one attached hydrogen (secondary N) is 2. The number of rotatable bonds is 3. The van der Waals surface area contributed by atoms with E-state index in [1.807, 2.05) is 0 Å². The third-order valence-electron chi connectivity index (χ3n) is 4.44. The number of H-pyrrole nitrogens is 1. The fourth-order valence-corrected chi connectivity index (χ4v) is 5.14. The molecule has 1 aromatic heterocycles. The highest BCUT2D eigenvalue weighted by Crippen LogP contribution is 2.33. The number of aromatic nitrogens is 2. The monoisotopic (exact) mass is 298 g/mol. The molecule has 0 amide bonds. The van der Waals surface area contributed by atoms with Gasteiger partial charge in [0.1, 0.15) is 5.82 Å². The minimum atomic E-state index is -3.42. The lowest BCUT2D eigenvalue weighted by molar-refractivity contribution is 0.234. The highest BCUT2D eigenvalue weighted by Gasteiger charge is 2.40. The highest BCUT2D eigenvalue weighted by atomic mass is 32.2. The molecule has 0 aromatic carbocycles. The van der Waals surface area contributed by atoms with E-state index in [4.69, 9.17) is 0 Å². The minimum Gasteiger partial charge on any atom is -0.332 e. The fraction of sp³-hybridized carbons (Fsp3) is 0.769. The van der Waals surface area contributed by atoms with Crippen LogP contribution < -0.4 is 5.32 Å². The van der Waals surface area contributed by atoms with Crippen molar-refractivity contribution in [3.63, 3.8) is 0 Å². The fourth-order valence-electron chi connectivity index (χ4n) is 3.42. The Hall–Kier alpha value is -0.920. The molecule has 3 rings (SSSR count). The number of aromatic amines is 1. The molecule has 6 nitrogen and oxygen atoms in total. The molecule has 0 aliphatic carbocycles. The van der Waals surface area contributed by atoms with Gasteiger partial charge >= 0.3 is 0 Å². The molecule has 2 fully saturated rings. The molecule has 2 aliphatic heterocycles. The molecule has 1 atom stereocenters. The lowest BCUT2D eigenvalue weighted by Gasteiger charge is -2.33. The van der Waals surface area contributed by atoms with E-state index >= 15 is 0 Å². The Labute approximate surface area is 120 Å². The van der Waals surface area contributed by atoms with Crippen LogP contribution in [0.15, 0.2) is 11.2 Å². The molecule has 7 heteroatoms. The van der Waals surface area contributed by atoms with Gasteiger partial charge in [0.05, 0.1) is 6.20 Å². The normalized spacial score (nSPS) is 26.1. The van der Waals surface area contributed by atoms with Crippen molar-refractivity contribution in [2.75, 3.05) is 19.6 Å². The zero-order chi connectivity index (χ0) is 14.2. The molecule has 2 saturated heterocycles. The summed E-state index contributed by atoms with van der Waals surface area (Å²) >= 11 is 0. The van der Waals surface area contributed by atoms with E-state index in [-0.39, 0.29) is 11.1 Å². The number of piperidine rings is 1. The average molecular weight is 298 g/mol. The summed E-state index contributed by atoms with van der Waals surface area (Å²) in [5.41, 5.74) is 0. The van der Waals surface area contributed by atoms with Crippen molar-refractivity contribution in [1.29, 1.82) is 0 Å². The van der Waals surface area contributed by atoms with Crippen molar-refractivity contribution in [3.8, 4) is 0 Å². The summed E-state index contributed by atoms with van der Waals surface area (Å²) in [6.45, 7) is 4.40. The largest absolute Gasteiger partial charge is 0.332 e. The number of aryl methyl sites for hydroxylation is 1. The zero-order valence-electron chi connectivity index (χ0n) is 11.8. The van der Waals surface area contributed by atoms with Gasteiger partial charge in [-0.1, -0.05) is 0 Å². The first kappa shape index (κ1) is 14.0. The summed E-state index contributed by atoms with van der Waals surface area (Å²) in [5, 5.41) is 3.57. The van der Waals surface area contributed by atoms with Crippen LogP contribution in [0.4, 0.5) is 0 Å². The first-order valence-electron chi connectivity index (χ1n) is 7.33. The van der Waals surface area contributed by atoms with Crippen LogP contribution in [-0.4, -0.2) is 48.4 Å². The van der Waals surface area contributed by atoms with Crippen molar-refractivity contribution in [3.05, 3.63) is 12.0 Å². The first-order valence-corrected chi connectivity index (χ1v) is 8.77. The van der Waals surface area contributed by atoms with Gasteiger partial charge in [-0.25, -0.2) is 13.4 Å². The molecule has 112 valence electrons. The molecular formula is C13H22N4O2S. The van der Waals surface area contributed by atoms with Gasteiger partial charge in [-0.05, 0) is 51.6 Å². The van der Waals surface area contributed by atoms with Crippen LogP contribution in [0, 0.1) is 12.8 Å². The van der Waals surface area contributed by atoms with Crippen LogP contribution in [-0.2, 0) is 10.0 Å². The second kappa shape index (κ2) is 5.46. The number of imidazole rings is 1.